The zero-order chi connectivity index (χ0) is 13.4. The first kappa shape index (κ1) is 15.4. The summed E-state index contributed by atoms with van der Waals surface area (Å²) in [5, 5.41) is 2.99. The van der Waals surface area contributed by atoms with Gasteiger partial charge in [0.1, 0.15) is 0 Å². The largest absolute Gasteiger partial charge is 0.381 e. The van der Waals surface area contributed by atoms with E-state index in [1.165, 1.54) is 32.1 Å². The van der Waals surface area contributed by atoms with Gasteiger partial charge < -0.3 is 15.8 Å². The van der Waals surface area contributed by atoms with Crippen LogP contribution in [0.1, 0.15) is 51.9 Å². The summed E-state index contributed by atoms with van der Waals surface area (Å²) in [6.45, 7) is 3.45. The van der Waals surface area contributed by atoms with Crippen LogP contribution in [0.4, 0.5) is 0 Å². The predicted molar refractivity (Wildman–Crippen MR) is 73.3 cm³/mol. The zero-order valence-electron chi connectivity index (χ0n) is 11.8. The van der Waals surface area contributed by atoms with Crippen LogP contribution in [0.15, 0.2) is 0 Å². The number of hydrogen-bond acceptors (Lipinski definition) is 3. The maximum absolute atomic E-state index is 11.3. The van der Waals surface area contributed by atoms with Gasteiger partial charge >= 0.3 is 0 Å². The quantitative estimate of drug-likeness (QED) is 0.651. The molecule has 0 spiro atoms. The van der Waals surface area contributed by atoms with Crippen molar-refractivity contribution in [3.63, 3.8) is 0 Å². The number of amides is 1. The molecule has 106 valence electrons. The molecule has 1 unspecified atom stereocenters. The average molecular weight is 256 g/mol. The molecule has 0 heterocycles. The lowest BCUT2D eigenvalue weighted by Gasteiger charge is -2.25. The fourth-order valence-electron chi connectivity index (χ4n) is 2.50. The Morgan fingerprint density at radius 2 is 2.06 bits per heavy atom. The van der Waals surface area contributed by atoms with Crippen LogP contribution in [0, 0.1) is 5.92 Å². The number of carbonyl (C=O) groups is 1. The van der Waals surface area contributed by atoms with Crippen LogP contribution in [-0.2, 0) is 9.53 Å². The first-order valence-electron chi connectivity index (χ1n) is 7.15. The molecule has 4 heteroatoms. The minimum atomic E-state index is -0.603. The van der Waals surface area contributed by atoms with Crippen LogP contribution >= 0.6 is 0 Å². The molecule has 1 saturated carbocycles. The fourth-order valence-corrected chi connectivity index (χ4v) is 2.50. The molecule has 0 saturated heterocycles. The van der Waals surface area contributed by atoms with Crippen molar-refractivity contribution in [1.82, 2.24) is 5.32 Å². The third kappa shape index (κ3) is 4.94. The molecule has 4 nitrogen and oxygen atoms in total. The molecule has 3 N–H and O–H groups in total. The standard InChI is InChI=1S/C14H28N2O2/c1-14(16-2,13(15)17)9-6-10-18-11-12-7-4-3-5-8-12/h12,16H,3-11H2,1-2H3,(H2,15,17). The molecule has 1 fully saturated rings. The van der Waals surface area contributed by atoms with E-state index in [0.717, 1.165) is 32.0 Å². The van der Waals surface area contributed by atoms with E-state index in [0.29, 0.717) is 0 Å². The maximum Gasteiger partial charge on any atom is 0.237 e. The number of nitrogens with one attached hydrogen (secondary N) is 1. The second-order valence-electron chi connectivity index (χ2n) is 5.63. The summed E-state index contributed by atoms with van der Waals surface area (Å²) < 4.78 is 5.71. The molecule has 1 amide bonds. The Hall–Kier alpha value is -0.610. The van der Waals surface area contributed by atoms with Gasteiger partial charge in [0.05, 0.1) is 5.54 Å². The Morgan fingerprint density at radius 1 is 1.39 bits per heavy atom. The number of rotatable bonds is 8. The molecule has 0 radical (unpaired) electrons. The summed E-state index contributed by atoms with van der Waals surface area (Å²) in [5.41, 5.74) is 4.77. The zero-order valence-corrected chi connectivity index (χ0v) is 11.8. The summed E-state index contributed by atoms with van der Waals surface area (Å²) in [5.74, 6) is 0.461. The Bertz CT molecular complexity index is 252. The number of likely N-dealkylation sites (N-methyl/N-ethyl adjacent to an activating group) is 1. The molecule has 0 aromatic heterocycles. The van der Waals surface area contributed by atoms with Gasteiger partial charge in [0.2, 0.25) is 5.91 Å². The molecule has 0 aromatic rings. The lowest BCUT2D eigenvalue weighted by molar-refractivity contribution is -0.124. The topological polar surface area (TPSA) is 64.3 Å². The third-order valence-electron chi connectivity index (χ3n) is 4.14. The first-order valence-corrected chi connectivity index (χ1v) is 7.15. The second-order valence-corrected chi connectivity index (χ2v) is 5.63. The second kappa shape index (κ2) is 7.74. The van der Waals surface area contributed by atoms with E-state index in [4.69, 9.17) is 10.5 Å². The maximum atomic E-state index is 11.3. The summed E-state index contributed by atoms with van der Waals surface area (Å²) in [6.07, 6.45) is 8.32. The first-order chi connectivity index (χ1) is 8.58. The number of carbonyl (C=O) groups excluding carboxylic acids is 1. The molecule has 0 aromatic carbocycles. The van der Waals surface area contributed by atoms with Gasteiger partial charge in [0.25, 0.3) is 0 Å². The van der Waals surface area contributed by atoms with Crippen LogP contribution in [0.2, 0.25) is 0 Å². The van der Waals surface area contributed by atoms with Crippen molar-refractivity contribution in [2.24, 2.45) is 11.7 Å². The summed E-state index contributed by atoms with van der Waals surface area (Å²) >= 11 is 0. The van der Waals surface area contributed by atoms with Gasteiger partial charge in [0, 0.05) is 13.2 Å². The van der Waals surface area contributed by atoms with Gasteiger partial charge in [-0.2, -0.15) is 0 Å². The highest BCUT2D eigenvalue weighted by Crippen LogP contribution is 2.23. The molecule has 18 heavy (non-hydrogen) atoms. The van der Waals surface area contributed by atoms with Gasteiger partial charge in [-0.25, -0.2) is 0 Å². The van der Waals surface area contributed by atoms with E-state index < -0.39 is 5.54 Å². The van der Waals surface area contributed by atoms with Crippen LogP contribution in [0.25, 0.3) is 0 Å². The predicted octanol–water partition coefficient (Wildman–Crippen LogP) is 1.83. The molecule has 1 rings (SSSR count). The Kier molecular flexibility index (Phi) is 6.65. The normalized spacial score (nSPS) is 20.6. The monoisotopic (exact) mass is 256 g/mol. The van der Waals surface area contributed by atoms with E-state index in [-0.39, 0.29) is 5.91 Å². The van der Waals surface area contributed by atoms with Crippen molar-refractivity contribution >= 4 is 5.91 Å². The van der Waals surface area contributed by atoms with Crippen molar-refractivity contribution in [1.29, 1.82) is 0 Å². The van der Waals surface area contributed by atoms with Gasteiger partial charge in [-0.05, 0) is 45.6 Å². The van der Waals surface area contributed by atoms with Gasteiger partial charge in [-0.15, -0.1) is 0 Å². The van der Waals surface area contributed by atoms with Gasteiger partial charge in [0.15, 0.2) is 0 Å². The summed E-state index contributed by atoms with van der Waals surface area (Å²) in [6, 6.07) is 0. The summed E-state index contributed by atoms with van der Waals surface area (Å²) in [7, 11) is 1.77. The van der Waals surface area contributed by atoms with Crippen LogP contribution in [0.3, 0.4) is 0 Å². The van der Waals surface area contributed by atoms with Crippen molar-refractivity contribution in [2.75, 3.05) is 20.3 Å². The molecule has 1 aliphatic rings. The Morgan fingerprint density at radius 3 is 2.61 bits per heavy atom. The highest BCUT2D eigenvalue weighted by molar-refractivity contribution is 5.84. The van der Waals surface area contributed by atoms with Gasteiger partial charge in [-0.1, -0.05) is 19.3 Å². The molecular weight excluding hydrogens is 228 g/mol. The molecule has 0 bridgehead atoms. The fraction of sp³-hybridized carbons (Fsp3) is 0.929. The Labute approximate surface area is 111 Å². The lowest BCUT2D eigenvalue weighted by Crippen LogP contribution is -2.51. The van der Waals surface area contributed by atoms with Crippen molar-refractivity contribution < 1.29 is 9.53 Å². The van der Waals surface area contributed by atoms with Crippen LogP contribution < -0.4 is 11.1 Å². The highest BCUT2D eigenvalue weighted by Gasteiger charge is 2.28. The molecular formula is C14H28N2O2. The number of primary amides is 1. The Balaban J connectivity index is 2.08. The molecule has 0 aliphatic heterocycles. The lowest BCUT2D eigenvalue weighted by atomic mass is 9.90. The van der Waals surface area contributed by atoms with E-state index in [9.17, 15) is 4.79 Å². The SMILES string of the molecule is CNC(C)(CCCOCC1CCCCC1)C(N)=O. The number of ether oxygens (including phenoxy) is 1. The minimum Gasteiger partial charge on any atom is -0.381 e. The third-order valence-corrected chi connectivity index (χ3v) is 4.14. The van der Waals surface area contributed by atoms with Crippen LogP contribution in [0.5, 0.6) is 0 Å². The number of hydrogen-bond donors (Lipinski definition) is 2. The van der Waals surface area contributed by atoms with E-state index in [1.807, 2.05) is 6.92 Å². The number of nitrogens with two attached hydrogens (primary N) is 1. The highest BCUT2D eigenvalue weighted by atomic mass is 16.5. The van der Waals surface area contributed by atoms with E-state index in [2.05, 4.69) is 5.32 Å². The van der Waals surface area contributed by atoms with Crippen molar-refractivity contribution in [2.45, 2.75) is 57.4 Å². The van der Waals surface area contributed by atoms with E-state index in [1.54, 1.807) is 7.05 Å². The van der Waals surface area contributed by atoms with Crippen molar-refractivity contribution in [3.05, 3.63) is 0 Å². The van der Waals surface area contributed by atoms with Crippen LogP contribution in [-0.4, -0.2) is 31.7 Å². The smallest absolute Gasteiger partial charge is 0.237 e. The average Bonchev–Trinajstić information content (AvgIpc) is 2.39. The molecule has 1 atom stereocenters. The van der Waals surface area contributed by atoms with E-state index >= 15 is 0 Å². The van der Waals surface area contributed by atoms with Crippen molar-refractivity contribution in [3.8, 4) is 0 Å². The summed E-state index contributed by atoms with van der Waals surface area (Å²) in [4.78, 5) is 11.3. The van der Waals surface area contributed by atoms with Gasteiger partial charge in [-0.3, -0.25) is 4.79 Å². The minimum absolute atomic E-state index is 0.294. The molecule has 1 aliphatic carbocycles.